The van der Waals surface area contributed by atoms with Crippen molar-refractivity contribution in [3.63, 3.8) is 0 Å². The molecule has 0 fully saturated rings. The summed E-state index contributed by atoms with van der Waals surface area (Å²) >= 11 is 7.11. The normalized spacial score (nSPS) is 10.3. The summed E-state index contributed by atoms with van der Waals surface area (Å²) in [4.78, 5) is 4.78. The Labute approximate surface area is 95.9 Å². The number of aliphatic hydroxyl groups excluding tert-OH is 1. The van der Waals surface area contributed by atoms with E-state index in [4.69, 9.17) is 21.4 Å². The maximum absolute atomic E-state index is 8.85. The largest absolute Gasteiger partial charge is 0.431 e. The van der Waals surface area contributed by atoms with Crippen LogP contribution in [0.3, 0.4) is 0 Å². The molecule has 0 aliphatic carbocycles. The predicted octanol–water partition coefficient (Wildman–Crippen LogP) is 3.08. The van der Waals surface area contributed by atoms with Gasteiger partial charge in [-0.15, -0.1) is 0 Å². The van der Waals surface area contributed by atoms with E-state index in [-0.39, 0.29) is 6.61 Å². The first-order valence-corrected chi connectivity index (χ1v) is 5.46. The van der Waals surface area contributed by atoms with Gasteiger partial charge in [0.05, 0.1) is 11.5 Å². The highest BCUT2D eigenvalue weighted by molar-refractivity contribution is 7.13. The number of hydrogen-bond donors (Lipinski definition) is 1. The Kier molecular flexibility index (Phi) is 3.20. The van der Waals surface area contributed by atoms with Gasteiger partial charge in [-0.2, -0.15) is 0 Å². The monoisotopic (exact) mass is 241 g/mol. The van der Waals surface area contributed by atoms with E-state index in [1.54, 1.807) is 30.5 Å². The molecule has 1 aromatic carbocycles. The second-order valence-electron chi connectivity index (χ2n) is 2.81. The van der Waals surface area contributed by atoms with Gasteiger partial charge in [-0.05, 0) is 18.2 Å². The maximum Gasteiger partial charge on any atom is 0.278 e. The highest BCUT2D eigenvalue weighted by Crippen LogP contribution is 2.27. The van der Waals surface area contributed by atoms with Gasteiger partial charge in [0, 0.05) is 11.2 Å². The zero-order chi connectivity index (χ0) is 10.7. The molecule has 2 rings (SSSR count). The molecule has 0 unspecified atom stereocenters. The molecule has 2 aromatic rings. The molecule has 0 aliphatic rings. The smallest absolute Gasteiger partial charge is 0.278 e. The minimum Gasteiger partial charge on any atom is -0.431 e. The summed E-state index contributed by atoms with van der Waals surface area (Å²) in [7, 11) is 0. The average molecular weight is 242 g/mol. The molecule has 0 saturated carbocycles. The molecule has 0 spiro atoms. The molecule has 0 atom stereocenters. The van der Waals surface area contributed by atoms with Gasteiger partial charge in [-0.3, -0.25) is 0 Å². The van der Waals surface area contributed by atoms with Gasteiger partial charge < -0.3 is 9.84 Å². The molecule has 0 radical (unpaired) electrons. The second-order valence-corrected chi connectivity index (χ2v) is 4.32. The maximum atomic E-state index is 8.85. The molecule has 78 valence electrons. The van der Waals surface area contributed by atoms with Crippen LogP contribution in [0.15, 0.2) is 30.5 Å². The number of rotatable bonds is 3. The highest BCUT2D eigenvalue weighted by Gasteiger charge is 2.03. The van der Waals surface area contributed by atoms with Crippen LogP contribution in [0.25, 0.3) is 0 Å². The first-order valence-electron chi connectivity index (χ1n) is 4.27. The fraction of sp³-hybridized carbons (Fsp3) is 0.100. The molecular weight excluding hydrogens is 234 g/mol. The van der Waals surface area contributed by atoms with Crippen molar-refractivity contribution in [2.75, 3.05) is 0 Å². The zero-order valence-corrected chi connectivity index (χ0v) is 9.26. The number of aliphatic hydroxyl groups is 1. The molecule has 0 saturated heterocycles. The van der Waals surface area contributed by atoms with Gasteiger partial charge in [-0.1, -0.05) is 29.0 Å². The summed E-state index contributed by atoms with van der Waals surface area (Å²) in [6.07, 6.45) is 1.59. The topological polar surface area (TPSA) is 42.4 Å². The molecule has 1 heterocycles. The van der Waals surface area contributed by atoms with Crippen LogP contribution >= 0.6 is 22.9 Å². The Hall–Kier alpha value is -1.10. The molecule has 1 N–H and O–H groups in total. The number of thiazole rings is 1. The summed E-state index contributed by atoms with van der Waals surface area (Å²) in [6, 6.07) is 7.08. The van der Waals surface area contributed by atoms with E-state index in [0.717, 1.165) is 4.88 Å². The van der Waals surface area contributed by atoms with E-state index < -0.39 is 0 Å². The molecule has 5 heteroatoms. The Morgan fingerprint density at radius 1 is 1.47 bits per heavy atom. The second kappa shape index (κ2) is 4.61. The van der Waals surface area contributed by atoms with Gasteiger partial charge in [0.25, 0.3) is 5.19 Å². The molecule has 0 bridgehead atoms. The lowest BCUT2D eigenvalue weighted by Crippen LogP contribution is -1.81. The third-order valence-electron chi connectivity index (χ3n) is 1.69. The van der Waals surface area contributed by atoms with Crippen molar-refractivity contribution >= 4 is 22.9 Å². The van der Waals surface area contributed by atoms with Crippen molar-refractivity contribution in [1.82, 2.24) is 4.98 Å². The lowest BCUT2D eigenvalue weighted by atomic mass is 10.3. The minimum atomic E-state index is -0.0173. The number of aromatic nitrogens is 1. The summed E-state index contributed by atoms with van der Waals surface area (Å²) < 4.78 is 5.45. The molecule has 0 aliphatic heterocycles. The highest BCUT2D eigenvalue weighted by atomic mass is 35.5. The zero-order valence-electron chi connectivity index (χ0n) is 7.68. The quantitative estimate of drug-likeness (QED) is 0.898. The number of nitrogens with zero attached hydrogens (tertiary/aromatic N) is 1. The van der Waals surface area contributed by atoms with Crippen molar-refractivity contribution in [2.45, 2.75) is 6.61 Å². The van der Waals surface area contributed by atoms with Crippen LogP contribution in [-0.2, 0) is 6.61 Å². The van der Waals surface area contributed by atoms with Gasteiger partial charge in [0.1, 0.15) is 5.75 Å². The number of halogens is 1. The number of benzene rings is 1. The Balaban J connectivity index is 2.14. The first kappa shape index (κ1) is 10.4. The minimum absolute atomic E-state index is 0.0173. The van der Waals surface area contributed by atoms with Gasteiger partial charge >= 0.3 is 0 Å². The third-order valence-corrected chi connectivity index (χ3v) is 2.78. The molecule has 0 amide bonds. The predicted molar refractivity (Wildman–Crippen MR) is 59.6 cm³/mol. The first-order chi connectivity index (χ1) is 7.28. The van der Waals surface area contributed by atoms with E-state index in [1.807, 2.05) is 0 Å². The van der Waals surface area contributed by atoms with E-state index in [0.29, 0.717) is 16.0 Å². The Morgan fingerprint density at radius 3 is 3.00 bits per heavy atom. The molecule has 1 aromatic heterocycles. The van der Waals surface area contributed by atoms with Crippen molar-refractivity contribution in [2.24, 2.45) is 0 Å². The van der Waals surface area contributed by atoms with Gasteiger partial charge in [-0.25, -0.2) is 4.98 Å². The van der Waals surface area contributed by atoms with Gasteiger partial charge in [0.2, 0.25) is 0 Å². The fourth-order valence-corrected chi connectivity index (χ4v) is 1.86. The fourth-order valence-electron chi connectivity index (χ4n) is 1.04. The van der Waals surface area contributed by atoms with E-state index in [2.05, 4.69) is 4.98 Å². The number of ether oxygens (including phenoxy) is 1. The molecular formula is C10H8ClNO2S. The van der Waals surface area contributed by atoms with Crippen LogP contribution in [0.5, 0.6) is 10.9 Å². The Morgan fingerprint density at radius 2 is 2.33 bits per heavy atom. The summed E-state index contributed by atoms with van der Waals surface area (Å²) in [5, 5.41) is 9.97. The van der Waals surface area contributed by atoms with Crippen molar-refractivity contribution in [3.05, 3.63) is 40.4 Å². The molecule has 3 nitrogen and oxygen atoms in total. The van der Waals surface area contributed by atoms with Crippen molar-refractivity contribution < 1.29 is 9.84 Å². The van der Waals surface area contributed by atoms with Crippen LogP contribution in [-0.4, -0.2) is 10.1 Å². The lowest BCUT2D eigenvalue weighted by Gasteiger charge is -2.00. The standard InChI is InChI=1S/C10H8ClNO2S/c11-7-2-1-3-8(4-7)14-10-12-5-9(6-13)15-10/h1-5,13H,6H2. The van der Waals surface area contributed by atoms with Crippen LogP contribution in [0, 0.1) is 0 Å². The third kappa shape index (κ3) is 2.68. The summed E-state index contributed by atoms with van der Waals surface area (Å²) in [5.41, 5.74) is 0. The van der Waals surface area contributed by atoms with Crippen LogP contribution in [0.2, 0.25) is 5.02 Å². The lowest BCUT2D eigenvalue weighted by molar-refractivity contribution is 0.285. The van der Waals surface area contributed by atoms with E-state index >= 15 is 0 Å². The SMILES string of the molecule is OCc1cnc(Oc2cccc(Cl)c2)s1. The van der Waals surface area contributed by atoms with Gasteiger partial charge in [0.15, 0.2) is 0 Å². The summed E-state index contributed by atoms with van der Waals surface area (Å²) in [5.74, 6) is 0.640. The van der Waals surface area contributed by atoms with Crippen LogP contribution in [0.1, 0.15) is 4.88 Å². The van der Waals surface area contributed by atoms with E-state index in [9.17, 15) is 0 Å². The number of hydrogen-bond acceptors (Lipinski definition) is 4. The summed E-state index contributed by atoms with van der Waals surface area (Å²) in [6.45, 7) is -0.0173. The van der Waals surface area contributed by atoms with Crippen LogP contribution in [0.4, 0.5) is 0 Å². The van der Waals surface area contributed by atoms with E-state index in [1.165, 1.54) is 11.3 Å². The average Bonchev–Trinajstić information content (AvgIpc) is 2.65. The van der Waals surface area contributed by atoms with Crippen molar-refractivity contribution in [3.8, 4) is 10.9 Å². The molecule has 15 heavy (non-hydrogen) atoms. The van der Waals surface area contributed by atoms with Crippen molar-refractivity contribution in [1.29, 1.82) is 0 Å². The Bertz CT molecular complexity index is 458. The van der Waals surface area contributed by atoms with Crippen LogP contribution < -0.4 is 4.74 Å².